The molecule has 1 atom stereocenters. The number of hydrogen-bond donors (Lipinski definition) is 2. The number of rotatable bonds is 6. The lowest BCUT2D eigenvalue weighted by molar-refractivity contribution is -0.123. The van der Waals surface area contributed by atoms with E-state index in [2.05, 4.69) is 5.32 Å². The number of halogens is 3. The molecule has 2 rings (SSSR count). The second kappa shape index (κ2) is 8.57. The van der Waals surface area contributed by atoms with Gasteiger partial charge in [-0.3, -0.25) is 9.59 Å². The Kier molecular flexibility index (Phi) is 6.44. The lowest BCUT2D eigenvalue weighted by Crippen LogP contribution is -2.35. The molecule has 0 spiro atoms. The van der Waals surface area contributed by atoms with Crippen LogP contribution in [0.25, 0.3) is 0 Å². The zero-order valence-electron chi connectivity index (χ0n) is 14.8. The molecule has 2 N–H and O–H groups in total. The summed E-state index contributed by atoms with van der Waals surface area (Å²) < 4.78 is 42.4. The lowest BCUT2D eigenvalue weighted by atomic mass is 10.1. The van der Waals surface area contributed by atoms with Crippen molar-refractivity contribution in [3.8, 4) is 5.75 Å². The maximum atomic E-state index is 12.3. The summed E-state index contributed by atoms with van der Waals surface area (Å²) in [5.74, 6) is -0.961. The van der Waals surface area contributed by atoms with E-state index in [1.807, 2.05) is 13.0 Å². The summed E-state index contributed by atoms with van der Waals surface area (Å²) in [6.07, 6.45) is -5.40. The van der Waals surface area contributed by atoms with Crippen LogP contribution in [0, 0.1) is 6.92 Å². The van der Waals surface area contributed by atoms with Crippen LogP contribution in [0.15, 0.2) is 48.5 Å². The number of para-hydroxylation sites is 1. The fraction of sp³-hybridized carbons (Fsp3) is 0.263. The number of aryl methyl sites for hydroxylation is 1. The molecular formula is C19H19F3N2O3. The number of hydrogen-bond acceptors (Lipinski definition) is 3. The maximum absolute atomic E-state index is 12.3. The molecule has 27 heavy (non-hydrogen) atoms. The maximum Gasteiger partial charge on any atom is 0.405 e. The van der Waals surface area contributed by atoms with Gasteiger partial charge in [0.25, 0.3) is 11.8 Å². The van der Waals surface area contributed by atoms with Gasteiger partial charge in [0, 0.05) is 0 Å². The van der Waals surface area contributed by atoms with E-state index in [1.54, 1.807) is 29.6 Å². The third-order valence-corrected chi connectivity index (χ3v) is 3.55. The average molecular weight is 380 g/mol. The van der Waals surface area contributed by atoms with Gasteiger partial charge in [0.1, 0.15) is 12.3 Å². The Labute approximate surface area is 154 Å². The average Bonchev–Trinajstić information content (AvgIpc) is 2.59. The number of alkyl halides is 3. The second-order valence-electron chi connectivity index (χ2n) is 5.91. The Bertz CT molecular complexity index is 822. The van der Waals surface area contributed by atoms with E-state index in [0.717, 1.165) is 5.56 Å². The van der Waals surface area contributed by atoms with Crippen molar-refractivity contribution in [2.75, 3.05) is 11.9 Å². The Hall–Kier alpha value is -3.03. The Balaban J connectivity index is 2.06. The molecule has 0 radical (unpaired) electrons. The van der Waals surface area contributed by atoms with Crippen LogP contribution >= 0.6 is 0 Å². The zero-order valence-corrected chi connectivity index (χ0v) is 14.8. The van der Waals surface area contributed by atoms with Crippen molar-refractivity contribution in [3.63, 3.8) is 0 Å². The first-order valence-electron chi connectivity index (χ1n) is 8.14. The normalized spacial score (nSPS) is 12.2. The minimum atomic E-state index is -4.52. The first-order chi connectivity index (χ1) is 12.7. The molecule has 8 heteroatoms. The predicted molar refractivity (Wildman–Crippen MR) is 94.7 cm³/mol. The van der Waals surface area contributed by atoms with Gasteiger partial charge in [0.2, 0.25) is 0 Å². The standard InChI is InChI=1S/C19H19F3N2O3/c1-12-6-5-7-14(10-12)27-13(2)17(25)24-16-9-4-3-8-15(16)18(26)23-11-19(20,21)22/h3-10,13H,11H2,1-2H3,(H,23,26)(H,24,25)/t13-/m0/s1. The third kappa shape index (κ3) is 6.32. The first kappa shape index (κ1) is 20.3. The molecule has 0 aliphatic heterocycles. The Morgan fingerprint density at radius 3 is 2.48 bits per heavy atom. The highest BCUT2D eigenvalue weighted by molar-refractivity contribution is 6.04. The van der Waals surface area contributed by atoms with Gasteiger partial charge in [0.15, 0.2) is 6.10 Å². The largest absolute Gasteiger partial charge is 0.481 e. The van der Waals surface area contributed by atoms with E-state index in [-0.39, 0.29) is 11.3 Å². The number of anilines is 1. The van der Waals surface area contributed by atoms with Gasteiger partial charge in [-0.05, 0) is 43.7 Å². The van der Waals surface area contributed by atoms with Crippen LogP contribution in [0.4, 0.5) is 18.9 Å². The summed E-state index contributed by atoms with van der Waals surface area (Å²) in [6, 6.07) is 12.9. The number of ether oxygens (including phenoxy) is 1. The van der Waals surface area contributed by atoms with E-state index >= 15 is 0 Å². The van der Waals surface area contributed by atoms with Crippen LogP contribution < -0.4 is 15.4 Å². The molecule has 0 saturated heterocycles. The van der Waals surface area contributed by atoms with Gasteiger partial charge in [0.05, 0.1) is 11.3 Å². The molecular weight excluding hydrogens is 361 g/mol. The third-order valence-electron chi connectivity index (χ3n) is 3.55. The van der Waals surface area contributed by atoms with Crippen molar-refractivity contribution < 1.29 is 27.5 Å². The van der Waals surface area contributed by atoms with E-state index in [1.165, 1.54) is 25.1 Å². The van der Waals surface area contributed by atoms with E-state index in [4.69, 9.17) is 4.74 Å². The molecule has 0 aliphatic carbocycles. The summed E-state index contributed by atoms with van der Waals surface area (Å²) in [5.41, 5.74) is 0.992. The number of carbonyl (C=O) groups is 2. The zero-order chi connectivity index (χ0) is 20.0. The van der Waals surface area contributed by atoms with Crippen molar-refractivity contribution in [2.45, 2.75) is 26.1 Å². The van der Waals surface area contributed by atoms with E-state index < -0.39 is 30.6 Å². The second-order valence-corrected chi connectivity index (χ2v) is 5.91. The first-order valence-corrected chi connectivity index (χ1v) is 8.14. The highest BCUT2D eigenvalue weighted by Crippen LogP contribution is 2.19. The minimum Gasteiger partial charge on any atom is -0.481 e. The van der Waals surface area contributed by atoms with Gasteiger partial charge in [-0.25, -0.2) is 0 Å². The summed E-state index contributed by atoms with van der Waals surface area (Å²) in [5, 5.41) is 4.30. The van der Waals surface area contributed by atoms with Crippen molar-refractivity contribution in [3.05, 3.63) is 59.7 Å². The molecule has 0 heterocycles. The minimum absolute atomic E-state index is 0.0714. The molecule has 0 saturated carbocycles. The van der Waals surface area contributed by atoms with E-state index in [0.29, 0.717) is 5.75 Å². The van der Waals surface area contributed by atoms with Crippen LogP contribution in [-0.4, -0.2) is 30.6 Å². The van der Waals surface area contributed by atoms with Crippen molar-refractivity contribution in [1.29, 1.82) is 0 Å². The topological polar surface area (TPSA) is 67.4 Å². The van der Waals surface area contributed by atoms with Gasteiger partial charge in [-0.1, -0.05) is 24.3 Å². The molecule has 5 nitrogen and oxygen atoms in total. The van der Waals surface area contributed by atoms with Crippen LogP contribution in [0.3, 0.4) is 0 Å². The summed E-state index contributed by atoms with van der Waals surface area (Å²) in [4.78, 5) is 24.3. The molecule has 2 aromatic carbocycles. The monoisotopic (exact) mass is 380 g/mol. The molecule has 0 aromatic heterocycles. The van der Waals surface area contributed by atoms with Crippen molar-refractivity contribution in [2.24, 2.45) is 0 Å². The lowest BCUT2D eigenvalue weighted by Gasteiger charge is -2.17. The molecule has 0 aliphatic rings. The summed E-state index contributed by atoms with van der Waals surface area (Å²) in [7, 11) is 0. The van der Waals surface area contributed by atoms with E-state index in [9.17, 15) is 22.8 Å². The molecule has 2 aromatic rings. The molecule has 2 amide bonds. The van der Waals surface area contributed by atoms with Gasteiger partial charge in [-0.15, -0.1) is 0 Å². The fourth-order valence-corrected chi connectivity index (χ4v) is 2.25. The molecule has 0 unspecified atom stereocenters. The summed E-state index contributed by atoms with van der Waals surface area (Å²) in [6.45, 7) is 1.96. The Morgan fingerprint density at radius 1 is 1.11 bits per heavy atom. The molecule has 0 fully saturated rings. The number of benzene rings is 2. The smallest absolute Gasteiger partial charge is 0.405 e. The SMILES string of the molecule is Cc1cccc(O[C@@H](C)C(=O)Nc2ccccc2C(=O)NCC(F)(F)F)c1. The molecule has 0 bridgehead atoms. The number of amides is 2. The van der Waals surface area contributed by atoms with Crippen LogP contribution in [0.5, 0.6) is 5.75 Å². The summed E-state index contributed by atoms with van der Waals surface area (Å²) >= 11 is 0. The van der Waals surface area contributed by atoms with Crippen molar-refractivity contribution >= 4 is 17.5 Å². The number of nitrogens with one attached hydrogen (secondary N) is 2. The van der Waals surface area contributed by atoms with Gasteiger partial charge in [-0.2, -0.15) is 13.2 Å². The van der Waals surface area contributed by atoms with Crippen LogP contribution in [0.2, 0.25) is 0 Å². The Morgan fingerprint density at radius 2 is 1.81 bits per heavy atom. The number of carbonyl (C=O) groups excluding carboxylic acids is 2. The highest BCUT2D eigenvalue weighted by atomic mass is 19.4. The quantitative estimate of drug-likeness (QED) is 0.803. The molecule has 144 valence electrons. The predicted octanol–water partition coefficient (Wildman–Crippen LogP) is 3.69. The van der Waals surface area contributed by atoms with Crippen molar-refractivity contribution in [1.82, 2.24) is 5.32 Å². The fourth-order valence-electron chi connectivity index (χ4n) is 2.25. The van der Waals surface area contributed by atoms with Crippen LogP contribution in [-0.2, 0) is 4.79 Å². The van der Waals surface area contributed by atoms with Gasteiger partial charge < -0.3 is 15.4 Å². The van der Waals surface area contributed by atoms with Gasteiger partial charge >= 0.3 is 6.18 Å². The highest BCUT2D eigenvalue weighted by Gasteiger charge is 2.28. The van der Waals surface area contributed by atoms with Crippen LogP contribution in [0.1, 0.15) is 22.8 Å².